The molecule has 0 amide bonds. The third-order valence-corrected chi connectivity index (χ3v) is 4.38. The van der Waals surface area contributed by atoms with Gasteiger partial charge in [0.25, 0.3) is 0 Å². The first-order valence-corrected chi connectivity index (χ1v) is 9.43. The largest absolute Gasteiger partial charge is 0.494 e. The van der Waals surface area contributed by atoms with E-state index in [0.29, 0.717) is 5.92 Å². The van der Waals surface area contributed by atoms with Crippen molar-refractivity contribution < 1.29 is 4.74 Å². The van der Waals surface area contributed by atoms with Crippen molar-refractivity contribution in [3.8, 4) is 5.75 Å². The highest BCUT2D eigenvalue weighted by atomic mass is 16.5. The smallest absolute Gasteiger partial charge is 0.119 e. The van der Waals surface area contributed by atoms with E-state index in [2.05, 4.69) is 86.4 Å². The summed E-state index contributed by atoms with van der Waals surface area (Å²) in [6.45, 7) is 12.5. The van der Waals surface area contributed by atoms with Crippen molar-refractivity contribution >= 4 is 11.4 Å². The van der Waals surface area contributed by atoms with Crippen molar-refractivity contribution in [1.82, 2.24) is 0 Å². The van der Waals surface area contributed by atoms with Gasteiger partial charge in [-0.3, -0.25) is 0 Å². The molecule has 0 bridgehead atoms. The second-order valence-corrected chi connectivity index (χ2v) is 6.75. The molecule has 0 saturated carbocycles. The van der Waals surface area contributed by atoms with Gasteiger partial charge in [0.05, 0.1) is 6.61 Å². The molecule has 1 N–H and O–H groups in total. The summed E-state index contributed by atoms with van der Waals surface area (Å²) in [4.78, 5) is 2.35. The van der Waals surface area contributed by atoms with Crippen molar-refractivity contribution in [3.05, 3.63) is 54.1 Å². The lowest BCUT2D eigenvalue weighted by Gasteiger charge is -2.21. The van der Waals surface area contributed by atoms with Gasteiger partial charge >= 0.3 is 0 Å². The van der Waals surface area contributed by atoms with Crippen molar-refractivity contribution in [1.29, 1.82) is 0 Å². The van der Waals surface area contributed by atoms with Crippen molar-refractivity contribution in [3.63, 3.8) is 0 Å². The standard InChI is InChI=1S/C22H32N2O/c1-5-24(6-2)21-11-9-20(10-12-21)23-17-19-7-13-22(14-8-19)25-16-15-18(3)4/h7-14,18,23H,5-6,15-17H2,1-4H3. The van der Waals surface area contributed by atoms with Crippen molar-refractivity contribution in [2.45, 2.75) is 40.7 Å². The van der Waals surface area contributed by atoms with E-state index in [0.717, 1.165) is 44.1 Å². The minimum atomic E-state index is 0.677. The Morgan fingerprint density at radius 1 is 0.920 bits per heavy atom. The second kappa shape index (κ2) is 9.97. The molecule has 25 heavy (non-hydrogen) atoms. The molecule has 0 radical (unpaired) electrons. The fraction of sp³-hybridized carbons (Fsp3) is 0.455. The van der Waals surface area contributed by atoms with E-state index >= 15 is 0 Å². The Morgan fingerprint density at radius 2 is 1.56 bits per heavy atom. The Kier molecular flexibility index (Phi) is 7.65. The van der Waals surface area contributed by atoms with Crippen LogP contribution in [0.15, 0.2) is 48.5 Å². The predicted octanol–water partition coefficient (Wildman–Crippen LogP) is 5.57. The van der Waals surface area contributed by atoms with E-state index in [9.17, 15) is 0 Å². The normalized spacial score (nSPS) is 10.8. The molecule has 0 saturated heterocycles. The monoisotopic (exact) mass is 340 g/mol. The van der Waals surface area contributed by atoms with Crippen LogP contribution in [0.5, 0.6) is 5.75 Å². The van der Waals surface area contributed by atoms with Gasteiger partial charge in [-0.1, -0.05) is 26.0 Å². The van der Waals surface area contributed by atoms with E-state index < -0.39 is 0 Å². The zero-order valence-electron chi connectivity index (χ0n) is 16.1. The number of hydrogen-bond donors (Lipinski definition) is 1. The number of hydrogen-bond acceptors (Lipinski definition) is 3. The van der Waals surface area contributed by atoms with Crippen LogP contribution in [0.25, 0.3) is 0 Å². The number of benzene rings is 2. The quantitative estimate of drug-likeness (QED) is 0.612. The average Bonchev–Trinajstić information content (AvgIpc) is 2.63. The Labute approximate surface area is 153 Å². The molecule has 0 spiro atoms. The van der Waals surface area contributed by atoms with Crippen LogP contribution in [0.1, 0.15) is 39.7 Å². The maximum atomic E-state index is 5.77. The van der Waals surface area contributed by atoms with Gasteiger partial charge in [-0.15, -0.1) is 0 Å². The summed E-state index contributed by atoms with van der Waals surface area (Å²) in [6.07, 6.45) is 1.09. The summed E-state index contributed by atoms with van der Waals surface area (Å²) in [5, 5.41) is 3.48. The summed E-state index contributed by atoms with van der Waals surface area (Å²) in [6, 6.07) is 17.0. The molecule has 0 aliphatic carbocycles. The summed E-state index contributed by atoms with van der Waals surface area (Å²) in [7, 11) is 0. The fourth-order valence-corrected chi connectivity index (χ4v) is 2.70. The summed E-state index contributed by atoms with van der Waals surface area (Å²) in [5.74, 6) is 1.63. The Bertz CT molecular complexity index is 601. The van der Waals surface area contributed by atoms with E-state index in [4.69, 9.17) is 4.74 Å². The number of nitrogens with one attached hydrogen (secondary N) is 1. The average molecular weight is 341 g/mol. The van der Waals surface area contributed by atoms with Crippen LogP contribution in [0.3, 0.4) is 0 Å². The van der Waals surface area contributed by atoms with Crippen LogP contribution in [-0.4, -0.2) is 19.7 Å². The lowest BCUT2D eigenvalue weighted by Crippen LogP contribution is -2.21. The highest BCUT2D eigenvalue weighted by molar-refractivity contribution is 5.55. The van der Waals surface area contributed by atoms with Gasteiger partial charge < -0.3 is 15.0 Å². The van der Waals surface area contributed by atoms with E-state index in [1.807, 2.05) is 0 Å². The molecule has 0 fully saturated rings. The van der Waals surface area contributed by atoms with Crippen LogP contribution in [-0.2, 0) is 6.54 Å². The van der Waals surface area contributed by atoms with Crippen LogP contribution in [0.4, 0.5) is 11.4 Å². The van der Waals surface area contributed by atoms with Gasteiger partial charge in [0.15, 0.2) is 0 Å². The molecule has 2 aromatic rings. The highest BCUT2D eigenvalue weighted by Crippen LogP contribution is 2.19. The van der Waals surface area contributed by atoms with Crippen molar-refractivity contribution in [2.75, 3.05) is 29.9 Å². The lowest BCUT2D eigenvalue weighted by molar-refractivity contribution is 0.289. The number of nitrogens with zero attached hydrogens (tertiary/aromatic N) is 1. The molecule has 0 heterocycles. The predicted molar refractivity (Wildman–Crippen MR) is 109 cm³/mol. The topological polar surface area (TPSA) is 24.5 Å². The first-order valence-electron chi connectivity index (χ1n) is 9.43. The number of anilines is 2. The molecule has 3 nitrogen and oxygen atoms in total. The first kappa shape index (κ1) is 19.2. The third kappa shape index (κ3) is 6.33. The van der Waals surface area contributed by atoms with Crippen LogP contribution >= 0.6 is 0 Å². The fourth-order valence-electron chi connectivity index (χ4n) is 2.70. The van der Waals surface area contributed by atoms with E-state index in [1.54, 1.807) is 0 Å². The van der Waals surface area contributed by atoms with E-state index in [1.165, 1.54) is 11.3 Å². The third-order valence-electron chi connectivity index (χ3n) is 4.38. The molecule has 2 rings (SSSR count). The highest BCUT2D eigenvalue weighted by Gasteiger charge is 2.02. The maximum absolute atomic E-state index is 5.77. The van der Waals surface area contributed by atoms with Gasteiger partial charge in [-0.2, -0.15) is 0 Å². The molecule has 0 aliphatic rings. The maximum Gasteiger partial charge on any atom is 0.119 e. The zero-order chi connectivity index (χ0) is 18.1. The zero-order valence-corrected chi connectivity index (χ0v) is 16.1. The first-order chi connectivity index (χ1) is 12.1. The van der Waals surface area contributed by atoms with Crippen LogP contribution in [0, 0.1) is 5.92 Å². The van der Waals surface area contributed by atoms with E-state index in [-0.39, 0.29) is 0 Å². The summed E-state index contributed by atoms with van der Waals surface area (Å²) >= 11 is 0. The molecule has 0 atom stereocenters. The van der Waals surface area contributed by atoms with Gasteiger partial charge in [0.1, 0.15) is 5.75 Å². The number of ether oxygens (including phenoxy) is 1. The SMILES string of the molecule is CCN(CC)c1ccc(NCc2ccc(OCCC(C)C)cc2)cc1. The molecular formula is C22H32N2O. The summed E-state index contributed by atoms with van der Waals surface area (Å²) in [5.41, 5.74) is 3.68. The molecular weight excluding hydrogens is 308 g/mol. The molecule has 136 valence electrons. The Hall–Kier alpha value is -2.16. The Balaban J connectivity index is 1.82. The van der Waals surface area contributed by atoms with Crippen molar-refractivity contribution in [2.24, 2.45) is 5.92 Å². The minimum Gasteiger partial charge on any atom is -0.494 e. The van der Waals surface area contributed by atoms with Gasteiger partial charge in [0.2, 0.25) is 0 Å². The summed E-state index contributed by atoms with van der Waals surface area (Å²) < 4.78 is 5.77. The van der Waals surface area contributed by atoms with Crippen LogP contribution in [0.2, 0.25) is 0 Å². The molecule has 0 aromatic heterocycles. The second-order valence-electron chi connectivity index (χ2n) is 6.75. The Morgan fingerprint density at radius 3 is 2.12 bits per heavy atom. The lowest BCUT2D eigenvalue weighted by atomic mass is 10.1. The molecule has 3 heteroatoms. The van der Waals surface area contributed by atoms with Gasteiger partial charge in [-0.25, -0.2) is 0 Å². The minimum absolute atomic E-state index is 0.677. The number of rotatable bonds is 10. The van der Waals surface area contributed by atoms with Gasteiger partial charge in [-0.05, 0) is 68.1 Å². The molecule has 0 unspecified atom stereocenters. The van der Waals surface area contributed by atoms with Crippen LogP contribution < -0.4 is 15.0 Å². The molecule has 0 aliphatic heterocycles. The molecule has 2 aromatic carbocycles. The van der Waals surface area contributed by atoms with Gasteiger partial charge in [0, 0.05) is 31.0 Å².